The zero-order chi connectivity index (χ0) is 22.6. The number of carbonyl (C=O) groups excluding carboxylic acids is 1. The Morgan fingerprint density at radius 3 is 2.52 bits per heavy atom. The SMILES string of the molecule is CC(C)(C)OC(=O)N1CCC(Oc2ccn(Cc3ccc(C#N)cc3F)c(=O)c2)CC1. The maximum Gasteiger partial charge on any atom is 0.410 e. The molecule has 2 heterocycles. The van der Waals surface area contributed by atoms with Crippen molar-refractivity contribution in [3.8, 4) is 11.8 Å². The van der Waals surface area contributed by atoms with E-state index in [1.54, 1.807) is 17.2 Å². The molecule has 0 radical (unpaired) electrons. The number of aromatic nitrogens is 1. The van der Waals surface area contributed by atoms with E-state index in [0.29, 0.717) is 37.2 Å². The van der Waals surface area contributed by atoms with Crippen LogP contribution in [0.2, 0.25) is 0 Å². The van der Waals surface area contributed by atoms with E-state index < -0.39 is 11.4 Å². The Labute approximate surface area is 180 Å². The van der Waals surface area contributed by atoms with Crippen molar-refractivity contribution in [1.82, 2.24) is 9.47 Å². The molecule has 1 fully saturated rings. The highest BCUT2D eigenvalue weighted by atomic mass is 19.1. The van der Waals surface area contributed by atoms with E-state index in [1.165, 1.54) is 22.8 Å². The Morgan fingerprint density at radius 2 is 1.94 bits per heavy atom. The molecule has 0 unspecified atom stereocenters. The number of hydrogen-bond donors (Lipinski definition) is 0. The van der Waals surface area contributed by atoms with Crippen LogP contribution in [0.4, 0.5) is 9.18 Å². The highest BCUT2D eigenvalue weighted by molar-refractivity contribution is 5.68. The summed E-state index contributed by atoms with van der Waals surface area (Å²) in [5, 5.41) is 8.83. The summed E-state index contributed by atoms with van der Waals surface area (Å²) in [4.78, 5) is 26.2. The molecule has 0 aliphatic carbocycles. The van der Waals surface area contributed by atoms with Crippen LogP contribution in [0.15, 0.2) is 41.3 Å². The van der Waals surface area contributed by atoms with Crippen LogP contribution in [0.3, 0.4) is 0 Å². The summed E-state index contributed by atoms with van der Waals surface area (Å²) < 4.78 is 26.8. The molecule has 1 saturated heterocycles. The lowest BCUT2D eigenvalue weighted by Gasteiger charge is -2.33. The molecule has 0 bridgehead atoms. The Kier molecular flexibility index (Phi) is 6.64. The molecule has 0 spiro atoms. The fraction of sp³-hybridized carbons (Fsp3) is 0.435. The predicted molar refractivity (Wildman–Crippen MR) is 112 cm³/mol. The first-order valence-corrected chi connectivity index (χ1v) is 10.2. The van der Waals surface area contributed by atoms with Gasteiger partial charge in [0.2, 0.25) is 0 Å². The third-order valence-corrected chi connectivity index (χ3v) is 4.89. The number of ether oxygens (including phenoxy) is 2. The Morgan fingerprint density at radius 1 is 1.23 bits per heavy atom. The normalized spacial score (nSPS) is 14.7. The number of nitrogens with zero attached hydrogens (tertiary/aromatic N) is 3. The molecule has 1 amide bonds. The van der Waals surface area contributed by atoms with Crippen molar-refractivity contribution < 1.29 is 18.7 Å². The van der Waals surface area contributed by atoms with Gasteiger partial charge in [-0.1, -0.05) is 6.07 Å². The number of piperidine rings is 1. The molecule has 8 heteroatoms. The van der Waals surface area contributed by atoms with Gasteiger partial charge in [-0.25, -0.2) is 9.18 Å². The fourth-order valence-corrected chi connectivity index (χ4v) is 3.30. The van der Waals surface area contributed by atoms with Gasteiger partial charge in [-0.15, -0.1) is 0 Å². The van der Waals surface area contributed by atoms with E-state index in [2.05, 4.69) is 0 Å². The molecule has 0 N–H and O–H groups in total. The Balaban J connectivity index is 1.57. The van der Waals surface area contributed by atoms with E-state index in [9.17, 15) is 14.0 Å². The van der Waals surface area contributed by atoms with Crippen molar-refractivity contribution in [3.63, 3.8) is 0 Å². The minimum atomic E-state index is -0.533. The number of rotatable bonds is 4. The molecular formula is C23H26FN3O4. The maximum absolute atomic E-state index is 14.1. The summed E-state index contributed by atoms with van der Waals surface area (Å²) in [6, 6.07) is 9.10. The lowest BCUT2D eigenvalue weighted by molar-refractivity contribution is 0.0126. The minimum absolute atomic E-state index is 0.0604. The van der Waals surface area contributed by atoms with Crippen LogP contribution >= 0.6 is 0 Å². The maximum atomic E-state index is 14.1. The molecule has 1 aromatic carbocycles. The lowest BCUT2D eigenvalue weighted by Crippen LogP contribution is -2.44. The fourth-order valence-electron chi connectivity index (χ4n) is 3.30. The number of likely N-dealkylation sites (tertiary alicyclic amines) is 1. The van der Waals surface area contributed by atoms with Crippen molar-refractivity contribution >= 4 is 6.09 Å². The van der Waals surface area contributed by atoms with E-state index in [0.717, 1.165) is 6.07 Å². The van der Waals surface area contributed by atoms with Gasteiger partial charge in [-0.05, 0) is 39.0 Å². The average molecular weight is 427 g/mol. The molecule has 7 nitrogen and oxygen atoms in total. The predicted octanol–water partition coefficient (Wildman–Crippen LogP) is 3.69. The molecule has 164 valence electrons. The number of amides is 1. The Hall–Kier alpha value is -3.34. The number of nitriles is 1. The topological polar surface area (TPSA) is 84.6 Å². The van der Waals surface area contributed by atoms with Crippen LogP contribution in [0, 0.1) is 17.1 Å². The second-order valence-electron chi connectivity index (χ2n) is 8.53. The van der Waals surface area contributed by atoms with Crippen LogP contribution < -0.4 is 10.3 Å². The zero-order valence-corrected chi connectivity index (χ0v) is 17.9. The highest BCUT2D eigenvalue weighted by Crippen LogP contribution is 2.20. The highest BCUT2D eigenvalue weighted by Gasteiger charge is 2.27. The first kappa shape index (κ1) is 22.3. The standard InChI is InChI=1S/C23H26FN3O4/c1-23(2,3)31-22(29)26-9-6-18(7-10-26)30-19-8-11-27(21(28)13-19)15-17-5-4-16(14-25)12-20(17)24/h4-5,8,11-13,18H,6-7,9-10,15H2,1-3H3. The smallest absolute Gasteiger partial charge is 0.410 e. The summed E-state index contributed by atoms with van der Waals surface area (Å²) >= 11 is 0. The number of hydrogen-bond acceptors (Lipinski definition) is 5. The number of carbonyl (C=O) groups is 1. The van der Waals surface area contributed by atoms with Gasteiger partial charge in [0, 0.05) is 43.8 Å². The van der Waals surface area contributed by atoms with Gasteiger partial charge in [0.15, 0.2) is 0 Å². The van der Waals surface area contributed by atoms with Gasteiger partial charge in [0.1, 0.15) is 23.3 Å². The van der Waals surface area contributed by atoms with E-state index >= 15 is 0 Å². The number of benzene rings is 1. The van der Waals surface area contributed by atoms with Crippen molar-refractivity contribution in [2.24, 2.45) is 0 Å². The van der Waals surface area contributed by atoms with Gasteiger partial charge in [-0.2, -0.15) is 5.26 Å². The van der Waals surface area contributed by atoms with Gasteiger partial charge in [0.05, 0.1) is 18.2 Å². The number of pyridine rings is 1. The van der Waals surface area contributed by atoms with Crippen molar-refractivity contribution in [1.29, 1.82) is 5.26 Å². The van der Waals surface area contributed by atoms with Crippen molar-refractivity contribution in [2.75, 3.05) is 13.1 Å². The second kappa shape index (κ2) is 9.21. The first-order chi connectivity index (χ1) is 14.6. The summed E-state index contributed by atoms with van der Waals surface area (Å²) in [6.07, 6.45) is 2.40. The van der Waals surface area contributed by atoms with Crippen molar-refractivity contribution in [3.05, 3.63) is 63.8 Å². The van der Waals surface area contributed by atoms with Crippen molar-refractivity contribution in [2.45, 2.75) is 51.9 Å². The number of halogens is 1. The Bertz CT molecular complexity index is 1040. The third kappa shape index (κ3) is 6.07. The van der Waals surface area contributed by atoms with E-state index in [-0.39, 0.29) is 29.9 Å². The molecule has 3 rings (SSSR count). The summed E-state index contributed by atoms with van der Waals surface area (Å²) in [6.45, 7) is 6.60. The van der Waals surface area contributed by atoms with Crippen LogP contribution in [-0.2, 0) is 11.3 Å². The van der Waals surface area contributed by atoms with E-state index in [4.69, 9.17) is 14.7 Å². The zero-order valence-electron chi connectivity index (χ0n) is 17.9. The molecule has 2 aromatic rings. The molecule has 0 atom stereocenters. The van der Waals surface area contributed by atoms with Crippen LogP contribution in [0.5, 0.6) is 5.75 Å². The van der Waals surface area contributed by atoms with Gasteiger partial charge >= 0.3 is 6.09 Å². The summed E-state index contributed by atoms with van der Waals surface area (Å²) in [5.74, 6) is -0.0831. The molecule has 1 aliphatic heterocycles. The molecule has 0 saturated carbocycles. The lowest BCUT2D eigenvalue weighted by atomic mass is 10.1. The van der Waals surface area contributed by atoms with Gasteiger partial charge < -0.3 is 18.9 Å². The summed E-state index contributed by atoms with van der Waals surface area (Å²) in [7, 11) is 0. The second-order valence-corrected chi connectivity index (χ2v) is 8.53. The van der Waals surface area contributed by atoms with Crippen LogP contribution in [0.1, 0.15) is 44.7 Å². The van der Waals surface area contributed by atoms with Crippen LogP contribution in [0.25, 0.3) is 0 Å². The minimum Gasteiger partial charge on any atom is -0.490 e. The molecule has 31 heavy (non-hydrogen) atoms. The van der Waals surface area contributed by atoms with E-state index in [1.807, 2.05) is 26.8 Å². The first-order valence-electron chi connectivity index (χ1n) is 10.2. The largest absolute Gasteiger partial charge is 0.490 e. The quantitative estimate of drug-likeness (QED) is 0.743. The molecule has 1 aromatic heterocycles. The summed E-state index contributed by atoms with van der Waals surface area (Å²) in [5.41, 5.74) is -0.290. The molecule has 1 aliphatic rings. The van der Waals surface area contributed by atoms with Crippen LogP contribution in [-0.4, -0.2) is 40.4 Å². The third-order valence-electron chi connectivity index (χ3n) is 4.89. The van der Waals surface area contributed by atoms with Gasteiger partial charge in [-0.3, -0.25) is 4.79 Å². The average Bonchev–Trinajstić information content (AvgIpc) is 2.70. The molecular weight excluding hydrogens is 401 g/mol. The van der Waals surface area contributed by atoms with Gasteiger partial charge in [0.25, 0.3) is 5.56 Å². The monoisotopic (exact) mass is 427 g/mol.